The van der Waals surface area contributed by atoms with Gasteiger partial charge in [-0.05, 0) is 55.0 Å². The number of carbonyl (C=O) groups is 1. The van der Waals surface area contributed by atoms with Crippen LogP contribution < -0.4 is 4.74 Å². The third-order valence-corrected chi connectivity index (χ3v) is 4.37. The van der Waals surface area contributed by atoms with Crippen molar-refractivity contribution in [2.45, 2.75) is 32.1 Å². The quantitative estimate of drug-likeness (QED) is 0.741. The van der Waals surface area contributed by atoms with Crippen molar-refractivity contribution in [1.29, 1.82) is 0 Å². The molecule has 3 nitrogen and oxygen atoms in total. The van der Waals surface area contributed by atoms with E-state index in [4.69, 9.17) is 4.74 Å². The molecule has 2 aromatic carbocycles. The van der Waals surface area contributed by atoms with Gasteiger partial charge in [0.15, 0.2) is 0 Å². The van der Waals surface area contributed by atoms with E-state index in [-0.39, 0.29) is 5.91 Å². The molecule has 1 radical (unpaired) electrons. The minimum absolute atomic E-state index is 0.269. The number of ether oxygens (including phenoxy) is 1. The number of benzene rings is 2. The highest BCUT2D eigenvalue weighted by atomic mass is 16.5. The topological polar surface area (TPSA) is 29.5 Å². The zero-order valence-corrected chi connectivity index (χ0v) is 14.0. The molecular weight excluding hydrogens is 298 g/mol. The van der Waals surface area contributed by atoms with E-state index < -0.39 is 0 Å². The maximum absolute atomic E-state index is 12.1. The second-order valence-electron chi connectivity index (χ2n) is 6.20. The summed E-state index contributed by atoms with van der Waals surface area (Å²) >= 11 is 0. The molecule has 0 spiro atoms. The molecule has 0 unspecified atom stereocenters. The van der Waals surface area contributed by atoms with Crippen molar-refractivity contribution in [2.75, 3.05) is 19.7 Å². The van der Waals surface area contributed by atoms with E-state index in [0.717, 1.165) is 49.2 Å². The van der Waals surface area contributed by atoms with Crippen LogP contribution >= 0.6 is 0 Å². The van der Waals surface area contributed by atoms with Crippen LogP contribution in [-0.2, 0) is 4.79 Å². The van der Waals surface area contributed by atoms with Crippen molar-refractivity contribution in [2.24, 2.45) is 0 Å². The van der Waals surface area contributed by atoms with Gasteiger partial charge in [0.1, 0.15) is 5.75 Å². The number of piperidine rings is 1. The molecule has 125 valence electrons. The molecule has 24 heavy (non-hydrogen) atoms. The summed E-state index contributed by atoms with van der Waals surface area (Å²) in [6, 6.07) is 19.2. The first kappa shape index (κ1) is 16.6. The van der Waals surface area contributed by atoms with Gasteiger partial charge in [-0.15, -0.1) is 0 Å². The number of nitrogens with zero attached hydrogens (tertiary/aromatic N) is 1. The average Bonchev–Trinajstić information content (AvgIpc) is 2.67. The molecule has 1 fully saturated rings. The van der Waals surface area contributed by atoms with Gasteiger partial charge in [-0.25, -0.2) is 0 Å². The predicted octanol–water partition coefficient (Wildman–Crippen LogP) is 4.33. The molecule has 0 aliphatic carbocycles. The molecule has 3 rings (SSSR count). The molecule has 0 aromatic heterocycles. The molecule has 0 saturated carbocycles. The highest BCUT2D eigenvalue weighted by Crippen LogP contribution is 2.23. The predicted molar refractivity (Wildman–Crippen MR) is 95.9 cm³/mol. The first-order chi connectivity index (χ1) is 11.8. The monoisotopic (exact) mass is 322 g/mol. The van der Waals surface area contributed by atoms with Crippen molar-refractivity contribution in [3.05, 3.63) is 54.6 Å². The minimum atomic E-state index is 0.269. The number of carbonyl (C=O) groups excluding carboxylic acids is 1. The molecular formula is C21H24NO2. The number of hydrogen-bond acceptors (Lipinski definition) is 2. The van der Waals surface area contributed by atoms with Crippen molar-refractivity contribution in [1.82, 2.24) is 4.90 Å². The van der Waals surface area contributed by atoms with E-state index in [0.29, 0.717) is 13.0 Å². The maximum atomic E-state index is 12.1. The third-order valence-electron chi connectivity index (χ3n) is 4.37. The highest BCUT2D eigenvalue weighted by Gasteiger charge is 2.15. The molecule has 1 amide bonds. The van der Waals surface area contributed by atoms with Gasteiger partial charge in [-0.3, -0.25) is 4.79 Å². The summed E-state index contributed by atoms with van der Waals surface area (Å²) in [7, 11) is 0. The van der Waals surface area contributed by atoms with Crippen molar-refractivity contribution in [3.63, 3.8) is 0 Å². The van der Waals surface area contributed by atoms with Crippen LogP contribution in [0, 0.1) is 6.07 Å². The van der Waals surface area contributed by atoms with Crippen molar-refractivity contribution >= 4 is 5.91 Å². The van der Waals surface area contributed by atoms with Gasteiger partial charge in [0, 0.05) is 19.5 Å². The van der Waals surface area contributed by atoms with E-state index in [1.165, 1.54) is 6.42 Å². The summed E-state index contributed by atoms with van der Waals surface area (Å²) in [5.74, 6) is 1.11. The fourth-order valence-electron chi connectivity index (χ4n) is 3.04. The molecule has 1 saturated heterocycles. The van der Waals surface area contributed by atoms with Crippen LogP contribution in [0.2, 0.25) is 0 Å². The fourth-order valence-corrected chi connectivity index (χ4v) is 3.04. The summed E-state index contributed by atoms with van der Waals surface area (Å²) in [4.78, 5) is 14.1. The van der Waals surface area contributed by atoms with Crippen LogP contribution in [0.5, 0.6) is 5.75 Å². The zero-order chi connectivity index (χ0) is 16.6. The fraction of sp³-hybridized carbons (Fsp3) is 0.381. The van der Waals surface area contributed by atoms with Gasteiger partial charge >= 0.3 is 0 Å². The first-order valence-corrected chi connectivity index (χ1v) is 8.81. The Balaban J connectivity index is 1.46. The number of likely N-dealkylation sites (tertiary alicyclic amines) is 1. The Morgan fingerprint density at radius 2 is 1.96 bits per heavy atom. The first-order valence-electron chi connectivity index (χ1n) is 8.81. The van der Waals surface area contributed by atoms with Gasteiger partial charge in [0.2, 0.25) is 5.91 Å². The summed E-state index contributed by atoms with van der Waals surface area (Å²) in [5.41, 5.74) is 2.15. The average molecular weight is 322 g/mol. The number of amides is 1. The summed E-state index contributed by atoms with van der Waals surface area (Å²) < 4.78 is 5.82. The second-order valence-corrected chi connectivity index (χ2v) is 6.20. The van der Waals surface area contributed by atoms with Gasteiger partial charge in [0.05, 0.1) is 6.61 Å². The lowest BCUT2D eigenvalue weighted by Gasteiger charge is -2.26. The normalized spacial score (nSPS) is 14.4. The van der Waals surface area contributed by atoms with E-state index in [1.54, 1.807) is 0 Å². The van der Waals surface area contributed by atoms with Gasteiger partial charge in [0.25, 0.3) is 0 Å². The molecule has 0 bridgehead atoms. The Bertz CT molecular complexity index is 648. The smallest absolute Gasteiger partial charge is 0.222 e. The highest BCUT2D eigenvalue weighted by molar-refractivity contribution is 5.76. The number of hydrogen-bond donors (Lipinski definition) is 0. The second kappa shape index (κ2) is 8.53. The summed E-state index contributed by atoms with van der Waals surface area (Å²) in [6.45, 7) is 2.42. The Kier molecular flexibility index (Phi) is 5.89. The molecule has 1 heterocycles. The Labute approximate surface area is 144 Å². The van der Waals surface area contributed by atoms with Crippen molar-refractivity contribution < 1.29 is 9.53 Å². The standard InChI is InChI=1S/C21H24NO2/c23-21(22-14-5-2-6-15-22)13-8-16-24-20-12-7-11-19(17-20)18-9-3-1-4-10-18/h1,3-4,7,9,11-12,17H,2,5-6,8,13-16H2. The van der Waals surface area contributed by atoms with Crippen LogP contribution in [0.15, 0.2) is 48.5 Å². The molecule has 0 atom stereocenters. The Hall–Kier alpha value is -2.29. The Morgan fingerprint density at radius 3 is 2.75 bits per heavy atom. The molecule has 1 aliphatic heterocycles. The van der Waals surface area contributed by atoms with E-state index in [1.807, 2.05) is 47.4 Å². The molecule has 3 heteroatoms. The zero-order valence-electron chi connectivity index (χ0n) is 14.0. The lowest BCUT2D eigenvalue weighted by atomic mass is 10.1. The van der Waals surface area contributed by atoms with Gasteiger partial charge < -0.3 is 9.64 Å². The number of rotatable bonds is 6. The van der Waals surface area contributed by atoms with Crippen LogP contribution in [0.3, 0.4) is 0 Å². The molecule has 1 aliphatic rings. The molecule has 2 aromatic rings. The van der Waals surface area contributed by atoms with E-state index in [2.05, 4.69) is 12.1 Å². The van der Waals surface area contributed by atoms with Gasteiger partial charge in [-0.1, -0.05) is 36.4 Å². The SMILES string of the molecule is O=C(CCCOc1cccc(-c2[c]cccc2)c1)N1CCCCC1. The largest absolute Gasteiger partial charge is 0.494 e. The van der Waals surface area contributed by atoms with Crippen LogP contribution in [0.1, 0.15) is 32.1 Å². The van der Waals surface area contributed by atoms with Crippen LogP contribution in [-0.4, -0.2) is 30.5 Å². The third kappa shape index (κ3) is 4.60. The van der Waals surface area contributed by atoms with Crippen molar-refractivity contribution in [3.8, 4) is 16.9 Å². The minimum Gasteiger partial charge on any atom is -0.494 e. The van der Waals surface area contributed by atoms with Gasteiger partial charge in [-0.2, -0.15) is 0 Å². The van der Waals surface area contributed by atoms with Crippen LogP contribution in [0.25, 0.3) is 11.1 Å². The van der Waals surface area contributed by atoms with E-state index in [9.17, 15) is 4.79 Å². The maximum Gasteiger partial charge on any atom is 0.222 e. The molecule has 0 N–H and O–H groups in total. The summed E-state index contributed by atoms with van der Waals surface area (Å²) in [5, 5.41) is 0. The Morgan fingerprint density at radius 1 is 1.08 bits per heavy atom. The van der Waals surface area contributed by atoms with E-state index >= 15 is 0 Å². The lowest BCUT2D eigenvalue weighted by molar-refractivity contribution is -0.132. The summed E-state index contributed by atoms with van der Waals surface area (Å²) in [6.07, 6.45) is 4.88. The van der Waals surface area contributed by atoms with Crippen LogP contribution in [0.4, 0.5) is 0 Å². The lowest BCUT2D eigenvalue weighted by Crippen LogP contribution is -2.35.